The van der Waals surface area contributed by atoms with Gasteiger partial charge in [0.1, 0.15) is 0 Å². The van der Waals surface area contributed by atoms with Crippen LogP contribution in [-0.2, 0) is 11.2 Å². The smallest absolute Gasteiger partial charge is 0.291 e. The molecule has 0 spiro atoms. The van der Waals surface area contributed by atoms with Gasteiger partial charge in [-0.05, 0) is 68.6 Å². The highest BCUT2D eigenvalue weighted by Crippen LogP contribution is 2.28. The van der Waals surface area contributed by atoms with Gasteiger partial charge in [-0.1, -0.05) is 17.7 Å². The number of hydrogen-bond donors (Lipinski definition) is 1. The summed E-state index contributed by atoms with van der Waals surface area (Å²) in [4.78, 5) is 20.5. The number of benzene rings is 1. The van der Waals surface area contributed by atoms with Crippen molar-refractivity contribution in [2.75, 3.05) is 5.32 Å². The number of rotatable bonds is 6. The standard InChI is InChI=1S/C18H20ClF2N3OS/c1-9-7-10(2)16(14(19)8-9)24-15(25)6-5-13-11(3)22-18(23-12(13)4)26-17(20)21/h7-8,17H,5-6H2,1-4H3,(H,24,25). The molecule has 1 heterocycles. The number of alkyl halides is 2. The number of nitrogens with one attached hydrogen (secondary N) is 1. The highest BCUT2D eigenvalue weighted by atomic mass is 35.5. The molecule has 2 aromatic rings. The Balaban J connectivity index is 2.06. The van der Waals surface area contributed by atoms with Gasteiger partial charge in [-0.15, -0.1) is 0 Å². The maximum Gasteiger partial charge on any atom is 0.291 e. The zero-order valence-electron chi connectivity index (χ0n) is 15.0. The summed E-state index contributed by atoms with van der Waals surface area (Å²) in [7, 11) is 0. The number of halogens is 3. The summed E-state index contributed by atoms with van der Waals surface area (Å²) in [6, 6.07) is 3.74. The number of amides is 1. The number of aromatic nitrogens is 2. The van der Waals surface area contributed by atoms with Crippen molar-refractivity contribution < 1.29 is 13.6 Å². The van der Waals surface area contributed by atoms with E-state index in [1.807, 2.05) is 19.9 Å². The van der Waals surface area contributed by atoms with E-state index in [9.17, 15) is 13.6 Å². The minimum absolute atomic E-state index is 0.0465. The van der Waals surface area contributed by atoms with E-state index >= 15 is 0 Å². The van der Waals surface area contributed by atoms with Crippen molar-refractivity contribution in [1.82, 2.24) is 9.97 Å². The van der Waals surface area contributed by atoms with Crippen LogP contribution in [0.25, 0.3) is 0 Å². The second-order valence-electron chi connectivity index (χ2n) is 6.02. The molecule has 26 heavy (non-hydrogen) atoms. The number of hydrogen-bond acceptors (Lipinski definition) is 4. The SMILES string of the molecule is Cc1cc(C)c(NC(=O)CCc2c(C)nc(SC(F)F)nc2C)c(Cl)c1. The zero-order chi connectivity index (χ0) is 19.4. The van der Waals surface area contributed by atoms with Gasteiger partial charge in [-0.25, -0.2) is 9.97 Å². The van der Waals surface area contributed by atoms with Crippen LogP contribution in [0.5, 0.6) is 0 Å². The largest absolute Gasteiger partial charge is 0.325 e. The molecule has 0 aliphatic carbocycles. The molecule has 0 saturated carbocycles. The quantitative estimate of drug-likeness (QED) is 0.532. The third-order valence-corrected chi connectivity index (χ3v) is 4.76. The van der Waals surface area contributed by atoms with Crippen LogP contribution in [-0.4, -0.2) is 21.6 Å². The molecule has 0 saturated heterocycles. The Kier molecular flexibility index (Phi) is 6.94. The summed E-state index contributed by atoms with van der Waals surface area (Å²) in [6.45, 7) is 7.29. The average Bonchev–Trinajstić information content (AvgIpc) is 2.49. The minimum Gasteiger partial charge on any atom is -0.325 e. The van der Waals surface area contributed by atoms with Crippen LogP contribution in [0.4, 0.5) is 14.5 Å². The summed E-state index contributed by atoms with van der Waals surface area (Å²) in [5, 5.41) is 3.38. The molecule has 0 unspecified atom stereocenters. The lowest BCUT2D eigenvalue weighted by Crippen LogP contribution is -2.15. The van der Waals surface area contributed by atoms with Crippen molar-refractivity contribution in [2.45, 2.75) is 51.5 Å². The Hall–Kier alpha value is -1.73. The predicted molar refractivity (Wildman–Crippen MR) is 101 cm³/mol. The van der Waals surface area contributed by atoms with Crippen molar-refractivity contribution in [3.63, 3.8) is 0 Å². The van der Waals surface area contributed by atoms with E-state index in [2.05, 4.69) is 15.3 Å². The third kappa shape index (κ3) is 5.38. The third-order valence-electron chi connectivity index (χ3n) is 3.89. The molecule has 4 nitrogen and oxygen atoms in total. The number of carbonyl (C=O) groups is 1. The van der Waals surface area contributed by atoms with Gasteiger partial charge < -0.3 is 5.32 Å². The molecule has 0 aliphatic heterocycles. The van der Waals surface area contributed by atoms with Crippen molar-refractivity contribution in [1.29, 1.82) is 0 Å². The van der Waals surface area contributed by atoms with Gasteiger partial charge in [0, 0.05) is 17.8 Å². The number of carbonyl (C=O) groups excluding carboxylic acids is 1. The van der Waals surface area contributed by atoms with Crippen molar-refractivity contribution in [2.24, 2.45) is 0 Å². The molecule has 0 bridgehead atoms. The summed E-state index contributed by atoms with van der Waals surface area (Å²) < 4.78 is 24.9. The first-order valence-electron chi connectivity index (χ1n) is 8.03. The fourth-order valence-electron chi connectivity index (χ4n) is 2.72. The lowest BCUT2D eigenvalue weighted by Gasteiger charge is -2.13. The highest BCUT2D eigenvalue weighted by Gasteiger charge is 2.15. The maximum atomic E-state index is 12.5. The van der Waals surface area contributed by atoms with E-state index in [-0.39, 0.29) is 17.5 Å². The fourth-order valence-corrected chi connectivity index (χ4v) is 3.62. The molecular formula is C18H20ClF2N3OS. The second-order valence-corrected chi connectivity index (χ2v) is 7.39. The van der Waals surface area contributed by atoms with E-state index in [4.69, 9.17) is 11.6 Å². The van der Waals surface area contributed by atoms with Gasteiger partial charge in [0.15, 0.2) is 5.16 Å². The molecule has 0 radical (unpaired) electrons. The molecule has 1 aromatic heterocycles. The lowest BCUT2D eigenvalue weighted by atomic mass is 10.1. The molecular weight excluding hydrogens is 380 g/mol. The summed E-state index contributed by atoms with van der Waals surface area (Å²) in [6.07, 6.45) is 0.641. The zero-order valence-corrected chi connectivity index (χ0v) is 16.6. The van der Waals surface area contributed by atoms with Crippen LogP contribution >= 0.6 is 23.4 Å². The average molecular weight is 400 g/mol. The van der Waals surface area contributed by atoms with Crippen molar-refractivity contribution >= 4 is 35.0 Å². The van der Waals surface area contributed by atoms with Crippen molar-refractivity contribution in [3.8, 4) is 0 Å². The number of anilines is 1. The van der Waals surface area contributed by atoms with Crippen LogP contribution in [0.3, 0.4) is 0 Å². The van der Waals surface area contributed by atoms with Crippen LogP contribution < -0.4 is 5.32 Å². The fraction of sp³-hybridized carbons (Fsp3) is 0.389. The first-order valence-corrected chi connectivity index (χ1v) is 9.28. The minimum atomic E-state index is -2.56. The number of nitrogens with zero attached hydrogens (tertiary/aromatic N) is 2. The van der Waals surface area contributed by atoms with Crippen LogP contribution in [0, 0.1) is 27.7 Å². The molecule has 1 aromatic carbocycles. The Morgan fingerprint density at radius 3 is 2.35 bits per heavy atom. The molecule has 0 aliphatic rings. The van der Waals surface area contributed by atoms with Crippen LogP contribution in [0.2, 0.25) is 5.02 Å². The molecule has 1 amide bonds. The second kappa shape index (κ2) is 8.77. The van der Waals surface area contributed by atoms with E-state index in [0.29, 0.717) is 40.3 Å². The molecule has 2 rings (SSSR count). The van der Waals surface area contributed by atoms with Gasteiger partial charge >= 0.3 is 0 Å². The normalized spacial score (nSPS) is 11.1. The van der Waals surface area contributed by atoms with Gasteiger partial charge in [-0.3, -0.25) is 4.79 Å². The van der Waals surface area contributed by atoms with Crippen molar-refractivity contribution in [3.05, 3.63) is 45.2 Å². The highest BCUT2D eigenvalue weighted by molar-refractivity contribution is 7.99. The van der Waals surface area contributed by atoms with Gasteiger partial charge in [0.25, 0.3) is 5.76 Å². The van der Waals surface area contributed by atoms with Crippen LogP contribution in [0.15, 0.2) is 17.3 Å². The Bertz CT molecular complexity index is 784. The molecule has 140 valence electrons. The van der Waals surface area contributed by atoms with Gasteiger partial charge in [0.05, 0.1) is 10.7 Å². The monoisotopic (exact) mass is 399 g/mol. The van der Waals surface area contributed by atoms with E-state index in [1.165, 1.54) is 0 Å². The predicted octanol–water partition coefficient (Wildman–Crippen LogP) is 5.25. The van der Waals surface area contributed by atoms with E-state index in [0.717, 1.165) is 16.7 Å². The Morgan fingerprint density at radius 1 is 1.19 bits per heavy atom. The summed E-state index contributed by atoms with van der Waals surface area (Å²) in [5.41, 5.74) is 4.54. The molecule has 0 atom stereocenters. The summed E-state index contributed by atoms with van der Waals surface area (Å²) >= 11 is 6.52. The first-order chi connectivity index (χ1) is 12.2. The maximum absolute atomic E-state index is 12.5. The molecule has 0 fully saturated rings. The molecule has 8 heteroatoms. The van der Waals surface area contributed by atoms with E-state index < -0.39 is 5.76 Å². The number of aryl methyl sites for hydroxylation is 4. The first kappa shape index (κ1) is 20.6. The van der Waals surface area contributed by atoms with Crippen LogP contribution in [0.1, 0.15) is 34.5 Å². The van der Waals surface area contributed by atoms with Gasteiger partial charge in [0.2, 0.25) is 5.91 Å². The molecule has 1 N–H and O–H groups in total. The Morgan fingerprint density at radius 2 is 1.81 bits per heavy atom. The number of thioether (sulfide) groups is 1. The Labute approximate surface area is 160 Å². The topological polar surface area (TPSA) is 54.9 Å². The summed E-state index contributed by atoms with van der Waals surface area (Å²) in [5.74, 6) is -2.74. The van der Waals surface area contributed by atoms with E-state index in [1.54, 1.807) is 19.9 Å². The van der Waals surface area contributed by atoms with Gasteiger partial charge in [-0.2, -0.15) is 8.78 Å². The lowest BCUT2D eigenvalue weighted by molar-refractivity contribution is -0.116.